The van der Waals surface area contributed by atoms with E-state index in [2.05, 4.69) is 15.2 Å². The first-order valence-corrected chi connectivity index (χ1v) is 5.74. The quantitative estimate of drug-likeness (QED) is 0.362. The monoisotopic (exact) mass is 260 g/mol. The molecule has 0 fully saturated rings. The lowest BCUT2D eigenvalue weighted by atomic mass is 10.2. The number of hydrogen-bond donors (Lipinski definition) is 2. The third kappa shape index (κ3) is 2.82. The van der Waals surface area contributed by atoms with Gasteiger partial charge in [-0.15, -0.1) is 0 Å². The van der Waals surface area contributed by atoms with Gasteiger partial charge < -0.3 is 15.8 Å². The zero-order chi connectivity index (χ0) is 13.8. The van der Waals surface area contributed by atoms with Gasteiger partial charge in [-0.05, 0) is 12.1 Å². The van der Waals surface area contributed by atoms with Crippen LogP contribution in [0.2, 0.25) is 0 Å². The number of oxime groups is 1. The molecule has 1 aromatic carbocycles. The van der Waals surface area contributed by atoms with Crippen LogP contribution in [0.15, 0.2) is 35.7 Å². The lowest BCUT2D eigenvalue weighted by Crippen LogP contribution is -2.20. The van der Waals surface area contributed by atoms with Gasteiger partial charge in [-0.2, -0.15) is 5.10 Å². The predicted octanol–water partition coefficient (Wildman–Crippen LogP) is 0.546. The molecule has 0 aliphatic rings. The Morgan fingerprint density at radius 3 is 2.95 bits per heavy atom. The number of benzene rings is 1. The topological polar surface area (TPSA) is 92.6 Å². The predicted molar refractivity (Wildman–Crippen MR) is 72.1 cm³/mol. The molecular formula is C12H16N6O. The number of rotatable bonds is 4. The van der Waals surface area contributed by atoms with Gasteiger partial charge in [-0.1, -0.05) is 17.3 Å². The second-order valence-corrected chi connectivity index (χ2v) is 4.19. The van der Waals surface area contributed by atoms with E-state index in [1.54, 1.807) is 10.7 Å². The SMILES string of the molecule is CN(Cc1ncnn1C)c1cccc(C(N)=NO)c1. The molecule has 2 aromatic rings. The molecule has 1 aromatic heterocycles. The van der Waals surface area contributed by atoms with Gasteiger partial charge in [0.2, 0.25) is 0 Å². The molecule has 0 saturated heterocycles. The third-order valence-corrected chi connectivity index (χ3v) is 2.87. The fourth-order valence-corrected chi connectivity index (χ4v) is 1.73. The molecule has 0 aliphatic heterocycles. The molecule has 0 radical (unpaired) electrons. The molecule has 0 saturated carbocycles. The average Bonchev–Trinajstić information content (AvgIpc) is 2.83. The molecule has 3 N–H and O–H groups in total. The van der Waals surface area contributed by atoms with E-state index in [4.69, 9.17) is 10.9 Å². The van der Waals surface area contributed by atoms with Gasteiger partial charge in [0.05, 0.1) is 6.54 Å². The molecule has 100 valence electrons. The largest absolute Gasteiger partial charge is 0.409 e. The van der Waals surface area contributed by atoms with E-state index in [0.717, 1.165) is 11.5 Å². The van der Waals surface area contributed by atoms with Crippen molar-refractivity contribution in [3.63, 3.8) is 0 Å². The molecule has 7 nitrogen and oxygen atoms in total. The highest BCUT2D eigenvalue weighted by atomic mass is 16.4. The Hall–Kier alpha value is -2.57. The van der Waals surface area contributed by atoms with Crippen LogP contribution in [-0.4, -0.2) is 32.9 Å². The minimum absolute atomic E-state index is 0.0916. The second kappa shape index (κ2) is 5.38. The average molecular weight is 260 g/mol. The summed E-state index contributed by atoms with van der Waals surface area (Å²) in [7, 11) is 3.79. The summed E-state index contributed by atoms with van der Waals surface area (Å²) in [4.78, 5) is 6.19. The third-order valence-electron chi connectivity index (χ3n) is 2.87. The van der Waals surface area contributed by atoms with Crippen LogP contribution in [0.1, 0.15) is 11.4 Å². The van der Waals surface area contributed by atoms with Crippen molar-refractivity contribution < 1.29 is 5.21 Å². The molecule has 19 heavy (non-hydrogen) atoms. The first kappa shape index (κ1) is 12.9. The molecule has 0 unspecified atom stereocenters. The number of hydrogen-bond acceptors (Lipinski definition) is 5. The van der Waals surface area contributed by atoms with Crippen molar-refractivity contribution in [3.05, 3.63) is 42.0 Å². The van der Waals surface area contributed by atoms with Crippen molar-refractivity contribution >= 4 is 11.5 Å². The number of amidine groups is 1. The number of aromatic nitrogens is 3. The van der Waals surface area contributed by atoms with Crippen LogP contribution >= 0.6 is 0 Å². The summed E-state index contributed by atoms with van der Waals surface area (Å²) < 4.78 is 1.73. The van der Waals surface area contributed by atoms with Crippen molar-refractivity contribution in [3.8, 4) is 0 Å². The summed E-state index contributed by atoms with van der Waals surface area (Å²) in [5.74, 6) is 0.950. The van der Waals surface area contributed by atoms with Gasteiger partial charge >= 0.3 is 0 Å². The van der Waals surface area contributed by atoms with E-state index < -0.39 is 0 Å². The Kier molecular flexibility index (Phi) is 3.65. The maximum Gasteiger partial charge on any atom is 0.170 e. The summed E-state index contributed by atoms with van der Waals surface area (Å²) >= 11 is 0. The number of aryl methyl sites for hydroxylation is 1. The summed E-state index contributed by atoms with van der Waals surface area (Å²) in [6.45, 7) is 0.621. The highest BCUT2D eigenvalue weighted by Gasteiger charge is 2.08. The van der Waals surface area contributed by atoms with E-state index in [1.165, 1.54) is 6.33 Å². The van der Waals surface area contributed by atoms with Gasteiger partial charge in [0, 0.05) is 25.3 Å². The molecule has 0 aliphatic carbocycles. The van der Waals surface area contributed by atoms with E-state index in [0.29, 0.717) is 12.1 Å². The van der Waals surface area contributed by atoms with Crippen LogP contribution in [0.5, 0.6) is 0 Å². The Morgan fingerprint density at radius 2 is 2.32 bits per heavy atom. The maximum atomic E-state index is 8.69. The smallest absolute Gasteiger partial charge is 0.170 e. The van der Waals surface area contributed by atoms with E-state index in [-0.39, 0.29) is 5.84 Å². The van der Waals surface area contributed by atoms with E-state index >= 15 is 0 Å². The molecule has 0 bridgehead atoms. The summed E-state index contributed by atoms with van der Waals surface area (Å²) in [5.41, 5.74) is 7.20. The molecule has 7 heteroatoms. The van der Waals surface area contributed by atoms with Gasteiger partial charge in [0.25, 0.3) is 0 Å². The molecular weight excluding hydrogens is 244 g/mol. The van der Waals surface area contributed by atoms with Crippen LogP contribution < -0.4 is 10.6 Å². The fourth-order valence-electron chi connectivity index (χ4n) is 1.73. The Bertz CT molecular complexity index is 591. The van der Waals surface area contributed by atoms with Crippen molar-refractivity contribution in [1.29, 1.82) is 0 Å². The highest BCUT2D eigenvalue weighted by molar-refractivity contribution is 5.97. The Morgan fingerprint density at radius 1 is 1.53 bits per heavy atom. The van der Waals surface area contributed by atoms with Crippen molar-refractivity contribution in [2.45, 2.75) is 6.54 Å². The zero-order valence-electron chi connectivity index (χ0n) is 10.9. The van der Waals surface area contributed by atoms with E-state index in [1.807, 2.05) is 37.2 Å². The zero-order valence-corrected chi connectivity index (χ0v) is 10.9. The highest BCUT2D eigenvalue weighted by Crippen LogP contribution is 2.16. The Labute approximate surface area is 111 Å². The van der Waals surface area contributed by atoms with Crippen LogP contribution in [0, 0.1) is 0 Å². The minimum atomic E-state index is 0.0916. The summed E-state index contributed by atoms with van der Waals surface area (Å²) in [6.07, 6.45) is 1.52. The summed E-state index contributed by atoms with van der Waals surface area (Å²) in [5, 5.41) is 15.7. The normalized spacial score (nSPS) is 11.6. The Balaban J connectivity index is 2.20. The molecule has 0 atom stereocenters. The summed E-state index contributed by atoms with van der Waals surface area (Å²) in [6, 6.07) is 7.44. The van der Waals surface area contributed by atoms with Gasteiger partial charge in [-0.3, -0.25) is 4.68 Å². The van der Waals surface area contributed by atoms with Crippen molar-refractivity contribution in [1.82, 2.24) is 14.8 Å². The van der Waals surface area contributed by atoms with Crippen LogP contribution in [0.25, 0.3) is 0 Å². The molecule has 1 heterocycles. The van der Waals surface area contributed by atoms with Crippen LogP contribution in [0.3, 0.4) is 0 Å². The van der Waals surface area contributed by atoms with Crippen molar-refractivity contribution in [2.24, 2.45) is 17.9 Å². The van der Waals surface area contributed by atoms with E-state index in [9.17, 15) is 0 Å². The van der Waals surface area contributed by atoms with Gasteiger partial charge in [-0.25, -0.2) is 4.98 Å². The lowest BCUT2D eigenvalue weighted by Gasteiger charge is -2.19. The van der Waals surface area contributed by atoms with Crippen molar-refractivity contribution in [2.75, 3.05) is 11.9 Å². The molecule has 0 amide bonds. The standard InChI is InChI=1S/C12H16N6O/c1-17(7-11-14-8-15-18(11)2)10-5-3-4-9(6-10)12(13)16-19/h3-6,8,19H,7H2,1-2H3,(H2,13,16). The number of nitrogens with two attached hydrogens (primary N) is 1. The first-order valence-electron chi connectivity index (χ1n) is 5.74. The minimum Gasteiger partial charge on any atom is -0.409 e. The van der Waals surface area contributed by atoms with Crippen LogP contribution in [-0.2, 0) is 13.6 Å². The number of anilines is 1. The van der Waals surface area contributed by atoms with Gasteiger partial charge in [0.15, 0.2) is 5.84 Å². The lowest BCUT2D eigenvalue weighted by molar-refractivity contribution is 0.318. The first-order chi connectivity index (χ1) is 9.11. The number of nitrogens with zero attached hydrogens (tertiary/aromatic N) is 5. The molecule has 0 spiro atoms. The van der Waals surface area contributed by atoms with Crippen LogP contribution in [0.4, 0.5) is 5.69 Å². The molecule has 2 rings (SSSR count). The fraction of sp³-hybridized carbons (Fsp3) is 0.250. The maximum absolute atomic E-state index is 8.69. The van der Waals surface area contributed by atoms with Gasteiger partial charge in [0.1, 0.15) is 12.2 Å². The second-order valence-electron chi connectivity index (χ2n) is 4.19.